The lowest BCUT2D eigenvalue weighted by atomic mass is 9.88. The standard InChI is InChI=1S/C16H24N2O2/c1-11-5-3-4-6-14(11)20-10-12-7-8-13(16(17)18)15(9-12)19-2/h7-9,11,14H,3-6,10H2,1-2H3,(H3,17,18). The molecule has 1 aromatic rings. The summed E-state index contributed by atoms with van der Waals surface area (Å²) in [4.78, 5) is 0. The van der Waals surface area contributed by atoms with Crippen molar-refractivity contribution in [2.45, 2.75) is 45.3 Å². The number of benzene rings is 1. The van der Waals surface area contributed by atoms with Gasteiger partial charge in [0.2, 0.25) is 0 Å². The van der Waals surface area contributed by atoms with E-state index in [4.69, 9.17) is 20.6 Å². The molecule has 4 heteroatoms. The first-order valence-corrected chi connectivity index (χ1v) is 7.24. The molecular weight excluding hydrogens is 252 g/mol. The molecule has 0 saturated heterocycles. The Morgan fingerprint density at radius 2 is 2.10 bits per heavy atom. The second-order valence-corrected chi connectivity index (χ2v) is 5.56. The van der Waals surface area contributed by atoms with Crippen LogP contribution in [0.5, 0.6) is 5.75 Å². The fourth-order valence-electron chi connectivity index (χ4n) is 2.78. The van der Waals surface area contributed by atoms with E-state index in [2.05, 4.69) is 6.92 Å². The second kappa shape index (κ2) is 6.75. The highest BCUT2D eigenvalue weighted by molar-refractivity contribution is 5.97. The van der Waals surface area contributed by atoms with Gasteiger partial charge in [0.25, 0.3) is 0 Å². The molecule has 0 aromatic heterocycles. The fraction of sp³-hybridized carbons (Fsp3) is 0.562. The Morgan fingerprint density at radius 1 is 1.35 bits per heavy atom. The molecule has 0 spiro atoms. The lowest BCUT2D eigenvalue weighted by Crippen LogP contribution is -2.25. The Hall–Kier alpha value is -1.55. The van der Waals surface area contributed by atoms with Gasteiger partial charge >= 0.3 is 0 Å². The minimum atomic E-state index is 0.0234. The molecule has 0 amide bonds. The molecule has 1 aromatic carbocycles. The van der Waals surface area contributed by atoms with Crippen LogP contribution in [0.1, 0.15) is 43.7 Å². The zero-order valence-electron chi connectivity index (χ0n) is 12.3. The van der Waals surface area contributed by atoms with Gasteiger partial charge in [-0.2, -0.15) is 0 Å². The molecule has 110 valence electrons. The molecule has 4 nitrogen and oxygen atoms in total. The summed E-state index contributed by atoms with van der Waals surface area (Å²) in [6.07, 6.45) is 5.37. The molecule has 1 fully saturated rings. The van der Waals surface area contributed by atoms with Crippen LogP contribution in [-0.2, 0) is 11.3 Å². The maximum absolute atomic E-state index is 7.51. The average molecular weight is 276 g/mol. The maximum Gasteiger partial charge on any atom is 0.130 e. The predicted molar refractivity (Wildman–Crippen MR) is 80.2 cm³/mol. The van der Waals surface area contributed by atoms with E-state index in [0.29, 0.717) is 29.9 Å². The van der Waals surface area contributed by atoms with E-state index in [9.17, 15) is 0 Å². The summed E-state index contributed by atoms with van der Waals surface area (Å²) in [5, 5.41) is 7.51. The van der Waals surface area contributed by atoms with Crippen LogP contribution in [0, 0.1) is 11.3 Å². The normalized spacial score (nSPS) is 22.5. The summed E-state index contributed by atoms with van der Waals surface area (Å²) in [6.45, 7) is 2.85. The van der Waals surface area contributed by atoms with Crippen molar-refractivity contribution in [1.82, 2.24) is 0 Å². The van der Waals surface area contributed by atoms with Crippen molar-refractivity contribution in [3.63, 3.8) is 0 Å². The predicted octanol–water partition coefficient (Wildman–Crippen LogP) is 3.07. The van der Waals surface area contributed by atoms with Crippen LogP contribution in [-0.4, -0.2) is 19.0 Å². The topological polar surface area (TPSA) is 68.3 Å². The molecular formula is C16H24N2O2. The van der Waals surface area contributed by atoms with E-state index in [-0.39, 0.29) is 5.84 Å². The van der Waals surface area contributed by atoms with E-state index >= 15 is 0 Å². The van der Waals surface area contributed by atoms with Gasteiger partial charge in [-0.1, -0.05) is 25.8 Å². The van der Waals surface area contributed by atoms with Crippen molar-refractivity contribution in [2.24, 2.45) is 11.7 Å². The first-order valence-electron chi connectivity index (χ1n) is 7.24. The first-order chi connectivity index (χ1) is 9.61. The number of methoxy groups -OCH3 is 1. The lowest BCUT2D eigenvalue weighted by molar-refractivity contribution is -0.0155. The number of hydrogen-bond acceptors (Lipinski definition) is 3. The summed E-state index contributed by atoms with van der Waals surface area (Å²) in [6, 6.07) is 5.68. The first kappa shape index (κ1) is 14.9. The largest absolute Gasteiger partial charge is 0.496 e. The molecule has 2 atom stereocenters. The van der Waals surface area contributed by atoms with Crippen LogP contribution in [0.4, 0.5) is 0 Å². The third kappa shape index (κ3) is 3.51. The van der Waals surface area contributed by atoms with Crippen LogP contribution < -0.4 is 10.5 Å². The van der Waals surface area contributed by atoms with E-state index in [1.807, 2.05) is 18.2 Å². The van der Waals surface area contributed by atoms with Gasteiger partial charge in [-0.15, -0.1) is 0 Å². The number of hydrogen-bond donors (Lipinski definition) is 2. The van der Waals surface area contributed by atoms with Crippen molar-refractivity contribution in [1.29, 1.82) is 5.41 Å². The van der Waals surface area contributed by atoms with Crippen molar-refractivity contribution < 1.29 is 9.47 Å². The van der Waals surface area contributed by atoms with E-state index in [0.717, 1.165) is 12.0 Å². The molecule has 3 N–H and O–H groups in total. The summed E-state index contributed by atoms with van der Waals surface area (Å²) >= 11 is 0. The van der Waals surface area contributed by atoms with Crippen LogP contribution in [0.15, 0.2) is 18.2 Å². The van der Waals surface area contributed by atoms with Crippen LogP contribution in [0.25, 0.3) is 0 Å². The molecule has 0 radical (unpaired) electrons. The zero-order valence-corrected chi connectivity index (χ0v) is 12.3. The maximum atomic E-state index is 7.51. The highest BCUT2D eigenvalue weighted by Crippen LogP contribution is 2.27. The smallest absolute Gasteiger partial charge is 0.130 e. The summed E-state index contributed by atoms with van der Waals surface area (Å²) < 4.78 is 11.3. The number of amidine groups is 1. The molecule has 2 unspecified atom stereocenters. The second-order valence-electron chi connectivity index (χ2n) is 5.56. The Kier molecular flexibility index (Phi) is 5.01. The Labute approximate surface area is 120 Å². The number of ether oxygens (including phenoxy) is 2. The average Bonchev–Trinajstić information content (AvgIpc) is 2.46. The quantitative estimate of drug-likeness (QED) is 0.641. The van der Waals surface area contributed by atoms with Gasteiger partial charge in [-0.3, -0.25) is 5.41 Å². The minimum absolute atomic E-state index is 0.0234. The number of nitrogens with one attached hydrogen (secondary N) is 1. The highest BCUT2D eigenvalue weighted by atomic mass is 16.5. The highest BCUT2D eigenvalue weighted by Gasteiger charge is 2.21. The van der Waals surface area contributed by atoms with Gasteiger partial charge in [0, 0.05) is 0 Å². The van der Waals surface area contributed by atoms with Crippen molar-refractivity contribution in [3.05, 3.63) is 29.3 Å². The number of nitrogen functional groups attached to an aromatic ring is 1. The van der Waals surface area contributed by atoms with E-state index < -0.39 is 0 Å². The van der Waals surface area contributed by atoms with Crippen molar-refractivity contribution >= 4 is 5.84 Å². The summed E-state index contributed by atoms with van der Waals surface area (Å²) in [7, 11) is 1.59. The van der Waals surface area contributed by atoms with E-state index in [1.54, 1.807) is 7.11 Å². The Bertz CT molecular complexity index is 474. The Balaban J connectivity index is 2.01. The Morgan fingerprint density at radius 3 is 2.75 bits per heavy atom. The molecule has 1 aliphatic carbocycles. The van der Waals surface area contributed by atoms with Gasteiger partial charge in [0.15, 0.2) is 0 Å². The van der Waals surface area contributed by atoms with E-state index in [1.165, 1.54) is 19.3 Å². The fourth-order valence-corrected chi connectivity index (χ4v) is 2.78. The van der Waals surface area contributed by atoms with Crippen LogP contribution >= 0.6 is 0 Å². The minimum Gasteiger partial charge on any atom is -0.496 e. The molecule has 0 bridgehead atoms. The third-order valence-corrected chi connectivity index (χ3v) is 4.05. The van der Waals surface area contributed by atoms with Gasteiger partial charge in [0.1, 0.15) is 11.6 Å². The number of nitrogens with two attached hydrogens (primary N) is 1. The van der Waals surface area contributed by atoms with Crippen molar-refractivity contribution in [3.8, 4) is 5.75 Å². The third-order valence-electron chi connectivity index (χ3n) is 4.05. The number of rotatable bonds is 5. The zero-order chi connectivity index (χ0) is 14.5. The van der Waals surface area contributed by atoms with Gasteiger partial charge < -0.3 is 15.2 Å². The van der Waals surface area contributed by atoms with Crippen LogP contribution in [0.2, 0.25) is 0 Å². The summed E-state index contributed by atoms with van der Waals surface area (Å²) in [5.74, 6) is 1.30. The molecule has 0 heterocycles. The molecule has 1 saturated carbocycles. The van der Waals surface area contributed by atoms with Gasteiger partial charge in [0.05, 0.1) is 25.4 Å². The van der Waals surface area contributed by atoms with Gasteiger partial charge in [-0.05, 0) is 36.5 Å². The van der Waals surface area contributed by atoms with Crippen molar-refractivity contribution in [2.75, 3.05) is 7.11 Å². The molecule has 1 aliphatic rings. The lowest BCUT2D eigenvalue weighted by Gasteiger charge is -2.28. The SMILES string of the molecule is COc1cc(COC2CCCCC2C)ccc1C(=N)N. The molecule has 0 aliphatic heterocycles. The summed E-state index contributed by atoms with van der Waals surface area (Å²) in [5.41, 5.74) is 7.21. The molecule has 2 rings (SSSR count). The molecule has 20 heavy (non-hydrogen) atoms. The van der Waals surface area contributed by atoms with Gasteiger partial charge in [-0.25, -0.2) is 0 Å². The monoisotopic (exact) mass is 276 g/mol. The van der Waals surface area contributed by atoms with Crippen LogP contribution in [0.3, 0.4) is 0 Å².